The maximum Gasteiger partial charge on any atom is 0.165 e. The third-order valence-corrected chi connectivity index (χ3v) is 3.77. The molecule has 0 spiro atoms. The molecular formula is C18H21NO. The summed E-state index contributed by atoms with van der Waals surface area (Å²) >= 11 is 0. The van der Waals surface area contributed by atoms with Gasteiger partial charge in [-0.15, -0.1) is 0 Å². The third kappa shape index (κ3) is 3.14. The van der Waals surface area contributed by atoms with Crippen molar-refractivity contribution in [2.75, 3.05) is 0 Å². The Morgan fingerprint density at radius 1 is 1.00 bits per heavy atom. The van der Waals surface area contributed by atoms with Gasteiger partial charge in [-0.1, -0.05) is 36.4 Å². The van der Waals surface area contributed by atoms with E-state index in [0.717, 1.165) is 22.3 Å². The van der Waals surface area contributed by atoms with E-state index in [1.807, 2.05) is 50.2 Å². The number of nitrogens with two attached hydrogens (primary N) is 1. The van der Waals surface area contributed by atoms with Crippen molar-refractivity contribution in [2.24, 2.45) is 5.73 Å². The zero-order chi connectivity index (χ0) is 14.7. The third-order valence-electron chi connectivity index (χ3n) is 3.77. The van der Waals surface area contributed by atoms with E-state index in [-0.39, 0.29) is 11.8 Å². The molecule has 0 amide bonds. The predicted octanol–water partition coefficient (Wildman–Crippen LogP) is 3.88. The lowest BCUT2D eigenvalue weighted by molar-refractivity contribution is 0.0973. The number of hydrogen-bond donors (Lipinski definition) is 1. The van der Waals surface area contributed by atoms with Crippen LogP contribution in [0.2, 0.25) is 0 Å². The van der Waals surface area contributed by atoms with Gasteiger partial charge < -0.3 is 5.73 Å². The molecule has 1 atom stereocenters. The molecule has 0 radical (unpaired) electrons. The molecule has 2 heteroatoms. The molecule has 0 saturated carbocycles. The first kappa shape index (κ1) is 14.5. The first-order valence-corrected chi connectivity index (χ1v) is 6.90. The summed E-state index contributed by atoms with van der Waals surface area (Å²) in [6.45, 7) is 6.07. The van der Waals surface area contributed by atoms with Gasteiger partial charge in [-0.3, -0.25) is 4.79 Å². The fourth-order valence-corrected chi connectivity index (χ4v) is 2.39. The van der Waals surface area contributed by atoms with Gasteiger partial charge in [-0.05, 0) is 49.1 Å². The van der Waals surface area contributed by atoms with Crippen LogP contribution in [0.1, 0.15) is 45.1 Å². The van der Waals surface area contributed by atoms with Crippen molar-refractivity contribution in [3.05, 3.63) is 70.3 Å². The Morgan fingerprint density at radius 2 is 1.60 bits per heavy atom. The number of ketones is 1. The van der Waals surface area contributed by atoms with Crippen LogP contribution in [0.5, 0.6) is 0 Å². The molecule has 0 aliphatic carbocycles. The SMILES string of the molecule is Cc1cc(C)c(C(=O)CC(N)c2ccccc2)cc1C. The van der Waals surface area contributed by atoms with Crippen LogP contribution in [-0.2, 0) is 0 Å². The van der Waals surface area contributed by atoms with Crippen molar-refractivity contribution in [3.63, 3.8) is 0 Å². The standard InChI is InChI=1S/C18H21NO/c1-12-9-14(3)16(10-13(12)2)18(20)11-17(19)15-7-5-4-6-8-15/h4-10,17H,11,19H2,1-3H3. The first-order chi connectivity index (χ1) is 9.49. The molecule has 2 nitrogen and oxygen atoms in total. The second-order valence-corrected chi connectivity index (χ2v) is 5.40. The topological polar surface area (TPSA) is 43.1 Å². The number of aryl methyl sites for hydroxylation is 3. The molecule has 0 aromatic heterocycles. The van der Waals surface area contributed by atoms with Crippen molar-refractivity contribution in [1.82, 2.24) is 0 Å². The van der Waals surface area contributed by atoms with Crippen molar-refractivity contribution < 1.29 is 4.79 Å². The Labute approximate surface area is 120 Å². The van der Waals surface area contributed by atoms with Gasteiger partial charge in [-0.25, -0.2) is 0 Å². The lowest BCUT2D eigenvalue weighted by Crippen LogP contribution is -2.16. The minimum absolute atomic E-state index is 0.113. The van der Waals surface area contributed by atoms with Crippen LogP contribution in [0, 0.1) is 20.8 Å². The van der Waals surface area contributed by atoms with Crippen molar-refractivity contribution in [1.29, 1.82) is 0 Å². The normalized spacial score (nSPS) is 12.2. The summed E-state index contributed by atoms with van der Waals surface area (Å²) in [5, 5.41) is 0. The zero-order valence-corrected chi connectivity index (χ0v) is 12.3. The van der Waals surface area contributed by atoms with E-state index in [1.165, 1.54) is 5.56 Å². The average molecular weight is 267 g/mol. The number of hydrogen-bond acceptors (Lipinski definition) is 2. The summed E-state index contributed by atoms with van der Waals surface area (Å²) in [7, 11) is 0. The summed E-state index contributed by atoms with van der Waals surface area (Å²) < 4.78 is 0. The zero-order valence-electron chi connectivity index (χ0n) is 12.3. The van der Waals surface area contributed by atoms with E-state index < -0.39 is 0 Å². The monoisotopic (exact) mass is 267 g/mol. The first-order valence-electron chi connectivity index (χ1n) is 6.90. The number of rotatable bonds is 4. The molecule has 20 heavy (non-hydrogen) atoms. The second-order valence-electron chi connectivity index (χ2n) is 5.40. The Kier molecular flexibility index (Phi) is 4.35. The summed E-state index contributed by atoms with van der Waals surface area (Å²) in [5.74, 6) is 0.113. The minimum Gasteiger partial charge on any atom is -0.324 e. The molecule has 0 aliphatic heterocycles. The molecule has 0 fully saturated rings. The predicted molar refractivity (Wildman–Crippen MR) is 83.0 cm³/mol. The molecule has 1 unspecified atom stereocenters. The summed E-state index contributed by atoms with van der Waals surface area (Å²) in [6.07, 6.45) is 0.341. The molecule has 2 aromatic rings. The molecule has 2 aromatic carbocycles. The maximum atomic E-state index is 12.4. The van der Waals surface area contributed by atoms with Gasteiger partial charge >= 0.3 is 0 Å². The number of Topliss-reactive ketones (excluding diaryl/α,β-unsaturated/α-hetero) is 1. The van der Waals surface area contributed by atoms with Gasteiger partial charge in [0.1, 0.15) is 0 Å². The molecule has 0 heterocycles. The van der Waals surface area contributed by atoms with E-state index in [9.17, 15) is 4.79 Å². The van der Waals surface area contributed by atoms with Crippen LogP contribution in [0.25, 0.3) is 0 Å². The quantitative estimate of drug-likeness (QED) is 0.854. The average Bonchev–Trinajstić information content (AvgIpc) is 2.43. The van der Waals surface area contributed by atoms with Crippen LogP contribution in [-0.4, -0.2) is 5.78 Å². The van der Waals surface area contributed by atoms with Crippen LogP contribution in [0.3, 0.4) is 0 Å². The van der Waals surface area contributed by atoms with E-state index in [4.69, 9.17) is 5.73 Å². The van der Waals surface area contributed by atoms with Crippen LogP contribution < -0.4 is 5.73 Å². The second kappa shape index (κ2) is 6.02. The molecule has 104 valence electrons. The van der Waals surface area contributed by atoms with Crippen molar-refractivity contribution in [3.8, 4) is 0 Å². The van der Waals surface area contributed by atoms with E-state index in [0.29, 0.717) is 6.42 Å². The number of carbonyl (C=O) groups is 1. The minimum atomic E-state index is -0.246. The highest BCUT2D eigenvalue weighted by atomic mass is 16.1. The largest absolute Gasteiger partial charge is 0.324 e. The van der Waals surface area contributed by atoms with Crippen molar-refractivity contribution in [2.45, 2.75) is 33.2 Å². The van der Waals surface area contributed by atoms with Crippen LogP contribution in [0.4, 0.5) is 0 Å². The lowest BCUT2D eigenvalue weighted by atomic mass is 9.93. The fraction of sp³-hybridized carbons (Fsp3) is 0.278. The molecule has 0 bridgehead atoms. The summed E-state index contributed by atoms with van der Waals surface area (Å²) in [4.78, 5) is 12.4. The van der Waals surface area contributed by atoms with Crippen LogP contribution in [0.15, 0.2) is 42.5 Å². The highest BCUT2D eigenvalue weighted by Crippen LogP contribution is 2.21. The van der Waals surface area contributed by atoms with Gasteiger partial charge in [0, 0.05) is 18.0 Å². The molecular weight excluding hydrogens is 246 g/mol. The number of carbonyl (C=O) groups excluding carboxylic acids is 1. The van der Waals surface area contributed by atoms with Gasteiger partial charge in [0.2, 0.25) is 0 Å². The summed E-state index contributed by atoms with van der Waals surface area (Å²) in [6, 6.07) is 13.6. The molecule has 0 saturated heterocycles. The van der Waals surface area contributed by atoms with E-state index in [1.54, 1.807) is 0 Å². The summed E-state index contributed by atoms with van der Waals surface area (Å²) in [5.41, 5.74) is 11.3. The number of benzene rings is 2. The Morgan fingerprint density at radius 3 is 2.25 bits per heavy atom. The Balaban J connectivity index is 2.19. The Bertz CT molecular complexity index is 617. The highest BCUT2D eigenvalue weighted by molar-refractivity contribution is 5.98. The maximum absolute atomic E-state index is 12.4. The molecule has 0 aliphatic rings. The smallest absolute Gasteiger partial charge is 0.165 e. The fourth-order valence-electron chi connectivity index (χ4n) is 2.39. The van der Waals surface area contributed by atoms with Crippen molar-refractivity contribution >= 4 is 5.78 Å². The van der Waals surface area contributed by atoms with Crippen LogP contribution >= 0.6 is 0 Å². The van der Waals surface area contributed by atoms with E-state index >= 15 is 0 Å². The van der Waals surface area contributed by atoms with Gasteiger partial charge in [0.25, 0.3) is 0 Å². The highest BCUT2D eigenvalue weighted by Gasteiger charge is 2.15. The Hall–Kier alpha value is -1.93. The lowest BCUT2D eigenvalue weighted by Gasteiger charge is -2.13. The van der Waals surface area contributed by atoms with Gasteiger partial charge in [0.15, 0.2) is 5.78 Å². The molecule has 2 rings (SSSR count). The van der Waals surface area contributed by atoms with Gasteiger partial charge in [-0.2, -0.15) is 0 Å². The van der Waals surface area contributed by atoms with E-state index in [2.05, 4.69) is 13.0 Å². The molecule has 2 N–H and O–H groups in total. The van der Waals surface area contributed by atoms with Gasteiger partial charge in [0.05, 0.1) is 0 Å².